The van der Waals surface area contributed by atoms with E-state index in [0.29, 0.717) is 0 Å². The molecule has 0 saturated carbocycles. The first kappa shape index (κ1) is 9.57. The molecule has 3 aromatic rings. The molecular formula is C19H14. The smallest absolute Gasteiger partial charge is 0.0453 e. The summed E-state index contributed by atoms with van der Waals surface area (Å²) in [6, 6.07) is 26.7. The fourth-order valence-corrected chi connectivity index (χ4v) is 2.93. The second kappa shape index (κ2) is 4.10. The number of rotatable bonds is 1. The van der Waals surface area contributed by atoms with Gasteiger partial charge in [0.1, 0.15) is 0 Å². The topological polar surface area (TPSA) is 0 Å². The van der Waals surface area contributed by atoms with Gasteiger partial charge in [-0.05, 0) is 27.8 Å². The molecule has 1 aliphatic carbocycles. The molecule has 0 unspecified atom stereocenters. The summed E-state index contributed by atoms with van der Waals surface area (Å²) in [5, 5.41) is 0. The van der Waals surface area contributed by atoms with E-state index >= 15 is 0 Å². The van der Waals surface area contributed by atoms with E-state index in [1.165, 1.54) is 11.1 Å². The molecule has 4 rings (SSSR count). The third kappa shape index (κ3) is 1.53. The number of hydrogen-bond acceptors (Lipinski definition) is 0. The van der Waals surface area contributed by atoms with Gasteiger partial charge < -0.3 is 0 Å². The van der Waals surface area contributed by atoms with Crippen LogP contribution in [0.25, 0.3) is 11.1 Å². The van der Waals surface area contributed by atoms with Crippen LogP contribution in [0.1, 0.15) is 24.0 Å². The van der Waals surface area contributed by atoms with Crippen LogP contribution in [-0.2, 0) is 0 Å². The summed E-state index contributed by atoms with van der Waals surface area (Å²) in [4.78, 5) is 0. The van der Waals surface area contributed by atoms with Gasteiger partial charge in [0.05, 0.1) is 0 Å². The minimum absolute atomic E-state index is 0.797. The molecule has 0 nitrogen and oxygen atoms in total. The number of hydrogen-bond donors (Lipinski definition) is 0. The normalized spacial score (nSPS) is 15.5. The average molecular weight is 243 g/mol. The first-order valence-electron chi connectivity index (χ1n) is 7.07. The molecule has 0 saturated heterocycles. The van der Waals surface area contributed by atoms with E-state index < -0.39 is 5.89 Å². The number of benzene rings is 3. The van der Waals surface area contributed by atoms with Gasteiger partial charge >= 0.3 is 0 Å². The molecule has 0 aromatic heterocycles. The summed E-state index contributed by atoms with van der Waals surface area (Å²) in [6.07, 6.45) is 0. The third-order valence-corrected chi connectivity index (χ3v) is 3.75. The standard InChI is InChI=1S/C19H14/c1-2-8-14(9-3-1)19-17-12-6-4-10-15(17)16-11-5-7-13-18(16)19/h1-13,19H/i19D. The van der Waals surface area contributed by atoms with Gasteiger partial charge in [0.2, 0.25) is 0 Å². The lowest BCUT2D eigenvalue weighted by molar-refractivity contribution is 1.02. The molecule has 0 heteroatoms. The van der Waals surface area contributed by atoms with Gasteiger partial charge in [-0.1, -0.05) is 78.9 Å². The lowest BCUT2D eigenvalue weighted by atomic mass is 9.89. The van der Waals surface area contributed by atoms with Crippen LogP contribution in [0, 0.1) is 0 Å². The highest BCUT2D eigenvalue weighted by Gasteiger charge is 2.28. The van der Waals surface area contributed by atoms with E-state index in [1.807, 2.05) is 54.6 Å². The van der Waals surface area contributed by atoms with E-state index in [1.54, 1.807) is 0 Å². The summed E-state index contributed by atoms with van der Waals surface area (Å²) in [7, 11) is 0. The van der Waals surface area contributed by atoms with Gasteiger partial charge in [-0.15, -0.1) is 0 Å². The predicted molar refractivity (Wildman–Crippen MR) is 79.3 cm³/mol. The molecule has 0 N–H and O–H groups in total. The zero-order valence-electron chi connectivity index (χ0n) is 11.5. The van der Waals surface area contributed by atoms with Crippen molar-refractivity contribution in [2.24, 2.45) is 0 Å². The predicted octanol–water partition coefficient (Wildman–Crippen LogP) is 4.85. The molecule has 90 valence electrons. The van der Waals surface area contributed by atoms with Crippen LogP contribution in [0.15, 0.2) is 78.9 Å². The van der Waals surface area contributed by atoms with Crippen LogP contribution < -0.4 is 0 Å². The molecule has 0 bridgehead atoms. The molecule has 0 aliphatic heterocycles. The summed E-state index contributed by atoms with van der Waals surface area (Å²) >= 11 is 0. The Labute approximate surface area is 114 Å². The van der Waals surface area contributed by atoms with E-state index in [2.05, 4.69) is 24.3 Å². The molecule has 0 radical (unpaired) electrons. The van der Waals surface area contributed by atoms with Crippen molar-refractivity contribution < 1.29 is 1.37 Å². The minimum Gasteiger partial charge on any atom is -0.0622 e. The minimum atomic E-state index is -0.797. The second-order valence-electron chi connectivity index (χ2n) is 4.83. The maximum Gasteiger partial charge on any atom is 0.0453 e. The van der Waals surface area contributed by atoms with Gasteiger partial charge in [0.25, 0.3) is 0 Å². The van der Waals surface area contributed by atoms with Crippen LogP contribution in [0.5, 0.6) is 0 Å². The largest absolute Gasteiger partial charge is 0.0622 e. The highest BCUT2D eigenvalue weighted by Crippen LogP contribution is 2.47. The lowest BCUT2D eigenvalue weighted by Crippen LogP contribution is -1.98. The van der Waals surface area contributed by atoms with Crippen LogP contribution in [0.3, 0.4) is 0 Å². The molecule has 0 spiro atoms. The first-order valence-corrected chi connectivity index (χ1v) is 6.57. The molecule has 19 heavy (non-hydrogen) atoms. The highest BCUT2D eigenvalue weighted by molar-refractivity contribution is 5.80. The Balaban J connectivity index is 2.10. The van der Waals surface area contributed by atoms with Crippen LogP contribution in [0.4, 0.5) is 0 Å². The Bertz CT molecular complexity index is 729. The zero-order chi connectivity index (χ0) is 13.6. The Morgan fingerprint density at radius 2 is 1.05 bits per heavy atom. The monoisotopic (exact) mass is 243 g/mol. The molecule has 1 aliphatic rings. The van der Waals surface area contributed by atoms with Gasteiger partial charge in [-0.25, -0.2) is 0 Å². The summed E-state index contributed by atoms with van der Waals surface area (Å²) in [5.74, 6) is -0.797. The van der Waals surface area contributed by atoms with Crippen molar-refractivity contribution in [3.05, 3.63) is 95.6 Å². The quantitative estimate of drug-likeness (QED) is 0.573. The summed E-state index contributed by atoms with van der Waals surface area (Å²) in [6.45, 7) is 0. The lowest BCUT2D eigenvalue weighted by Gasteiger charge is -2.13. The maximum atomic E-state index is 9.19. The fourth-order valence-electron chi connectivity index (χ4n) is 2.93. The Kier molecular flexibility index (Phi) is 2.06. The molecule has 3 aromatic carbocycles. The first-order chi connectivity index (χ1) is 9.82. The fraction of sp³-hybridized carbons (Fsp3) is 0.0526. The van der Waals surface area contributed by atoms with Gasteiger partial charge in [-0.2, -0.15) is 0 Å². The SMILES string of the molecule is [2H]C1(c2ccccc2)c2ccccc2-c2ccccc21. The van der Waals surface area contributed by atoms with E-state index in [4.69, 9.17) is 0 Å². The van der Waals surface area contributed by atoms with Crippen molar-refractivity contribution in [2.75, 3.05) is 0 Å². The van der Waals surface area contributed by atoms with Crippen LogP contribution in [-0.4, -0.2) is 0 Å². The van der Waals surface area contributed by atoms with Gasteiger partial charge in [0, 0.05) is 7.26 Å². The van der Waals surface area contributed by atoms with Crippen LogP contribution >= 0.6 is 0 Å². The van der Waals surface area contributed by atoms with Crippen LogP contribution in [0.2, 0.25) is 0 Å². The maximum absolute atomic E-state index is 9.19. The van der Waals surface area contributed by atoms with Crippen molar-refractivity contribution >= 4 is 0 Å². The molecule has 0 amide bonds. The Morgan fingerprint density at radius 3 is 1.63 bits per heavy atom. The Morgan fingerprint density at radius 1 is 0.579 bits per heavy atom. The van der Waals surface area contributed by atoms with Crippen molar-refractivity contribution in [3.8, 4) is 11.1 Å². The molecule has 0 heterocycles. The Hall–Kier alpha value is -2.34. The summed E-state index contributed by atoms with van der Waals surface area (Å²) in [5.41, 5.74) is 5.54. The average Bonchev–Trinajstić information content (AvgIpc) is 2.80. The van der Waals surface area contributed by atoms with Crippen molar-refractivity contribution in [1.29, 1.82) is 0 Å². The van der Waals surface area contributed by atoms with Gasteiger partial charge in [0.15, 0.2) is 0 Å². The number of fused-ring (bicyclic) bond motifs is 3. The van der Waals surface area contributed by atoms with Crippen molar-refractivity contribution in [2.45, 2.75) is 5.89 Å². The highest BCUT2D eigenvalue weighted by atomic mass is 14.3. The van der Waals surface area contributed by atoms with Gasteiger partial charge in [-0.3, -0.25) is 0 Å². The van der Waals surface area contributed by atoms with E-state index in [-0.39, 0.29) is 0 Å². The van der Waals surface area contributed by atoms with Crippen molar-refractivity contribution in [3.63, 3.8) is 0 Å². The zero-order valence-corrected chi connectivity index (χ0v) is 10.5. The molecule has 0 fully saturated rings. The van der Waals surface area contributed by atoms with Crippen molar-refractivity contribution in [1.82, 2.24) is 0 Å². The van der Waals surface area contributed by atoms with E-state index in [9.17, 15) is 1.37 Å². The third-order valence-electron chi connectivity index (χ3n) is 3.75. The van der Waals surface area contributed by atoms with E-state index in [0.717, 1.165) is 16.7 Å². The summed E-state index contributed by atoms with van der Waals surface area (Å²) < 4.78 is 9.19. The molecular weight excluding hydrogens is 228 g/mol. The molecule has 0 atom stereocenters. The second-order valence-corrected chi connectivity index (χ2v) is 4.83.